The maximum atomic E-state index is 13.2. The standard InChI is InChI=1S/C19H24N2O4S/c1-24-18-7-9-19(10-8-18)26(22,23)21(17-5-3-2-4-6-17)12-11-20-13-15-25-16-14-20/h2-10H,11-16H2,1H3. The molecule has 6 nitrogen and oxygen atoms in total. The number of benzene rings is 2. The summed E-state index contributed by atoms with van der Waals surface area (Å²) in [5.41, 5.74) is 0.663. The molecule has 0 N–H and O–H groups in total. The first kappa shape index (κ1) is 18.7. The Balaban J connectivity index is 1.85. The largest absolute Gasteiger partial charge is 0.497 e. The molecule has 0 bridgehead atoms. The molecule has 1 saturated heterocycles. The van der Waals surface area contributed by atoms with E-state index in [1.165, 1.54) is 4.31 Å². The lowest BCUT2D eigenvalue weighted by atomic mass is 10.3. The molecule has 1 heterocycles. The summed E-state index contributed by atoms with van der Waals surface area (Å²) >= 11 is 0. The zero-order chi connectivity index (χ0) is 18.4. The maximum absolute atomic E-state index is 13.2. The number of hydrogen-bond acceptors (Lipinski definition) is 5. The molecule has 0 unspecified atom stereocenters. The van der Waals surface area contributed by atoms with Crippen LogP contribution < -0.4 is 9.04 Å². The van der Waals surface area contributed by atoms with E-state index in [1.54, 1.807) is 31.4 Å². The van der Waals surface area contributed by atoms with Crippen LogP contribution in [0.2, 0.25) is 0 Å². The van der Waals surface area contributed by atoms with Crippen molar-refractivity contribution in [2.24, 2.45) is 0 Å². The van der Waals surface area contributed by atoms with Gasteiger partial charge in [0.25, 0.3) is 10.0 Å². The monoisotopic (exact) mass is 376 g/mol. The lowest BCUT2D eigenvalue weighted by Gasteiger charge is -2.30. The summed E-state index contributed by atoms with van der Waals surface area (Å²) in [6.07, 6.45) is 0. The van der Waals surface area contributed by atoms with Gasteiger partial charge in [-0.3, -0.25) is 9.21 Å². The highest BCUT2D eigenvalue weighted by Crippen LogP contribution is 2.25. The number of rotatable bonds is 7. The summed E-state index contributed by atoms with van der Waals surface area (Å²) < 4.78 is 38.5. The Kier molecular flexibility index (Phi) is 6.13. The van der Waals surface area contributed by atoms with Crippen LogP contribution in [0.3, 0.4) is 0 Å². The fourth-order valence-electron chi connectivity index (χ4n) is 2.91. The Labute approximate surface area is 155 Å². The van der Waals surface area contributed by atoms with E-state index < -0.39 is 10.0 Å². The van der Waals surface area contributed by atoms with Gasteiger partial charge in [0.2, 0.25) is 0 Å². The lowest BCUT2D eigenvalue weighted by Crippen LogP contribution is -2.43. The normalized spacial score (nSPS) is 15.6. The molecular formula is C19H24N2O4S. The highest BCUT2D eigenvalue weighted by Gasteiger charge is 2.25. The summed E-state index contributed by atoms with van der Waals surface area (Å²) in [7, 11) is -2.10. The van der Waals surface area contributed by atoms with Crippen LogP contribution in [0, 0.1) is 0 Å². The number of sulfonamides is 1. The van der Waals surface area contributed by atoms with Gasteiger partial charge in [-0.05, 0) is 36.4 Å². The molecule has 26 heavy (non-hydrogen) atoms. The van der Waals surface area contributed by atoms with Crippen molar-refractivity contribution < 1.29 is 17.9 Å². The van der Waals surface area contributed by atoms with Crippen LogP contribution in [0.4, 0.5) is 5.69 Å². The molecular weight excluding hydrogens is 352 g/mol. The van der Waals surface area contributed by atoms with Crippen molar-refractivity contribution in [3.8, 4) is 5.75 Å². The third-order valence-electron chi connectivity index (χ3n) is 4.41. The zero-order valence-corrected chi connectivity index (χ0v) is 15.7. The van der Waals surface area contributed by atoms with Crippen molar-refractivity contribution >= 4 is 15.7 Å². The fraction of sp³-hybridized carbons (Fsp3) is 0.368. The van der Waals surface area contributed by atoms with Crippen LogP contribution in [-0.4, -0.2) is 59.8 Å². The summed E-state index contributed by atoms with van der Waals surface area (Å²) in [5, 5.41) is 0. The molecule has 0 amide bonds. The predicted molar refractivity (Wildman–Crippen MR) is 101 cm³/mol. The van der Waals surface area contributed by atoms with Crippen LogP contribution in [0.15, 0.2) is 59.5 Å². The molecule has 2 aromatic carbocycles. The minimum Gasteiger partial charge on any atom is -0.497 e. The third-order valence-corrected chi connectivity index (χ3v) is 6.26. The topological polar surface area (TPSA) is 59.1 Å². The fourth-order valence-corrected chi connectivity index (χ4v) is 4.37. The Morgan fingerprint density at radius 2 is 1.69 bits per heavy atom. The van der Waals surface area contributed by atoms with E-state index >= 15 is 0 Å². The van der Waals surface area contributed by atoms with Gasteiger partial charge in [-0.1, -0.05) is 18.2 Å². The van der Waals surface area contributed by atoms with E-state index in [4.69, 9.17) is 9.47 Å². The van der Waals surface area contributed by atoms with Crippen molar-refractivity contribution in [2.75, 3.05) is 50.8 Å². The minimum absolute atomic E-state index is 0.254. The van der Waals surface area contributed by atoms with Crippen LogP contribution >= 0.6 is 0 Å². The number of morpholine rings is 1. The predicted octanol–water partition coefficient (Wildman–Crippen LogP) is 2.22. The van der Waals surface area contributed by atoms with Gasteiger partial charge < -0.3 is 9.47 Å². The molecule has 0 spiro atoms. The number of anilines is 1. The smallest absolute Gasteiger partial charge is 0.264 e. The third kappa shape index (κ3) is 4.35. The first-order valence-corrected chi connectivity index (χ1v) is 10.1. The van der Waals surface area contributed by atoms with E-state index in [-0.39, 0.29) is 4.90 Å². The Morgan fingerprint density at radius 3 is 2.31 bits per heavy atom. The number of nitrogens with zero attached hydrogens (tertiary/aromatic N) is 2. The van der Waals surface area contributed by atoms with E-state index in [9.17, 15) is 8.42 Å². The van der Waals surface area contributed by atoms with Gasteiger partial charge in [-0.2, -0.15) is 0 Å². The first-order valence-electron chi connectivity index (χ1n) is 8.63. The van der Waals surface area contributed by atoms with Crippen LogP contribution in [0.1, 0.15) is 0 Å². The summed E-state index contributed by atoms with van der Waals surface area (Å²) in [6, 6.07) is 15.7. The van der Waals surface area contributed by atoms with Crippen molar-refractivity contribution in [1.29, 1.82) is 0 Å². The Morgan fingerprint density at radius 1 is 1.04 bits per heavy atom. The van der Waals surface area contributed by atoms with Gasteiger partial charge in [0.05, 0.1) is 30.9 Å². The maximum Gasteiger partial charge on any atom is 0.264 e. The number of para-hydroxylation sites is 1. The van der Waals surface area contributed by atoms with Crippen molar-refractivity contribution in [3.63, 3.8) is 0 Å². The van der Waals surface area contributed by atoms with Gasteiger partial charge in [-0.25, -0.2) is 8.42 Å². The molecule has 1 aliphatic heterocycles. The molecule has 1 aliphatic rings. The molecule has 140 valence electrons. The van der Waals surface area contributed by atoms with Crippen molar-refractivity contribution in [2.45, 2.75) is 4.90 Å². The molecule has 7 heteroatoms. The van der Waals surface area contributed by atoms with Crippen LogP contribution in [0.25, 0.3) is 0 Å². The molecule has 0 aromatic heterocycles. The van der Waals surface area contributed by atoms with E-state index in [0.29, 0.717) is 37.7 Å². The Hall–Kier alpha value is -2.09. The molecule has 0 aliphatic carbocycles. The Bertz CT molecular complexity index is 788. The second-order valence-corrected chi connectivity index (χ2v) is 7.90. The summed E-state index contributed by atoms with van der Waals surface area (Å²) in [4.78, 5) is 2.48. The number of ether oxygens (including phenoxy) is 2. The number of hydrogen-bond donors (Lipinski definition) is 0. The lowest BCUT2D eigenvalue weighted by molar-refractivity contribution is 0.0395. The quantitative estimate of drug-likeness (QED) is 0.742. The van der Waals surface area contributed by atoms with Crippen LogP contribution in [0.5, 0.6) is 5.75 Å². The van der Waals surface area contributed by atoms with Gasteiger partial charge in [0.1, 0.15) is 5.75 Å². The molecule has 3 rings (SSSR count). The highest BCUT2D eigenvalue weighted by molar-refractivity contribution is 7.92. The first-order chi connectivity index (χ1) is 12.6. The van der Waals surface area contributed by atoms with Gasteiger partial charge in [0, 0.05) is 26.2 Å². The average Bonchev–Trinajstić information content (AvgIpc) is 2.69. The van der Waals surface area contributed by atoms with E-state index in [1.807, 2.05) is 30.3 Å². The van der Waals surface area contributed by atoms with Crippen LogP contribution in [-0.2, 0) is 14.8 Å². The molecule has 0 saturated carbocycles. The molecule has 0 radical (unpaired) electrons. The average molecular weight is 376 g/mol. The van der Waals surface area contributed by atoms with Crippen molar-refractivity contribution in [3.05, 3.63) is 54.6 Å². The van der Waals surface area contributed by atoms with Gasteiger partial charge in [-0.15, -0.1) is 0 Å². The molecule has 2 aromatic rings. The SMILES string of the molecule is COc1ccc(S(=O)(=O)N(CCN2CCOCC2)c2ccccc2)cc1. The van der Waals surface area contributed by atoms with E-state index in [2.05, 4.69) is 4.90 Å². The second-order valence-electron chi connectivity index (χ2n) is 6.04. The van der Waals surface area contributed by atoms with Gasteiger partial charge >= 0.3 is 0 Å². The van der Waals surface area contributed by atoms with Gasteiger partial charge in [0.15, 0.2) is 0 Å². The zero-order valence-electron chi connectivity index (χ0n) is 14.9. The molecule has 1 fully saturated rings. The number of methoxy groups -OCH3 is 1. The second kappa shape index (κ2) is 8.53. The van der Waals surface area contributed by atoms with E-state index in [0.717, 1.165) is 13.1 Å². The molecule has 0 atom stereocenters. The minimum atomic E-state index is -3.66. The summed E-state index contributed by atoms with van der Waals surface area (Å²) in [5.74, 6) is 0.628. The van der Waals surface area contributed by atoms with Crippen molar-refractivity contribution in [1.82, 2.24) is 4.90 Å². The summed E-state index contributed by atoms with van der Waals surface area (Å²) in [6.45, 7) is 4.08. The highest BCUT2D eigenvalue weighted by atomic mass is 32.2.